The molecule has 1 rings (SSSR count). The van der Waals surface area contributed by atoms with E-state index in [9.17, 15) is 9.59 Å². The van der Waals surface area contributed by atoms with Crippen molar-refractivity contribution >= 4 is 20.0 Å². The molecule has 4 heteroatoms. The second-order valence-electron chi connectivity index (χ2n) is 3.92. The highest BCUT2D eigenvalue weighted by molar-refractivity contribution is 6.80. The van der Waals surface area contributed by atoms with Crippen molar-refractivity contribution in [1.29, 1.82) is 0 Å². The summed E-state index contributed by atoms with van der Waals surface area (Å²) in [6.45, 7) is 6.20. The summed E-state index contributed by atoms with van der Waals surface area (Å²) >= 11 is 0. The van der Waals surface area contributed by atoms with Crippen LogP contribution in [-0.4, -0.2) is 20.0 Å². The molecule has 0 aliphatic carbocycles. The van der Waals surface area contributed by atoms with Gasteiger partial charge in [0.05, 0.1) is 20.0 Å². The van der Waals surface area contributed by atoms with Crippen LogP contribution in [0, 0.1) is 0 Å². The summed E-state index contributed by atoms with van der Waals surface area (Å²) in [6.07, 6.45) is 0.300. The molecular formula is C7H12O3Si. The van der Waals surface area contributed by atoms with Gasteiger partial charge in [-0.25, -0.2) is 0 Å². The molecule has 3 nitrogen and oxygen atoms in total. The number of esters is 2. The second kappa shape index (κ2) is 2.44. The van der Waals surface area contributed by atoms with E-state index in [0.29, 0.717) is 6.42 Å². The predicted octanol–water partition coefficient (Wildman–Crippen LogP) is 1.17. The number of ether oxygens (including phenoxy) is 1. The fourth-order valence-corrected chi connectivity index (χ4v) is 2.68. The molecule has 1 saturated heterocycles. The molecule has 0 spiro atoms. The van der Waals surface area contributed by atoms with Gasteiger partial charge in [-0.15, -0.1) is 0 Å². The van der Waals surface area contributed by atoms with E-state index in [1.807, 2.05) is 0 Å². The van der Waals surface area contributed by atoms with Crippen molar-refractivity contribution in [1.82, 2.24) is 0 Å². The molecule has 1 fully saturated rings. The first-order chi connectivity index (χ1) is 4.91. The molecule has 0 amide bonds. The average molecular weight is 172 g/mol. The van der Waals surface area contributed by atoms with E-state index in [0.717, 1.165) is 0 Å². The van der Waals surface area contributed by atoms with Crippen molar-refractivity contribution < 1.29 is 14.3 Å². The molecule has 11 heavy (non-hydrogen) atoms. The summed E-state index contributed by atoms with van der Waals surface area (Å²) in [5, 5.41) is 0. The van der Waals surface area contributed by atoms with Crippen LogP contribution >= 0.6 is 0 Å². The van der Waals surface area contributed by atoms with Crippen LogP contribution in [0.2, 0.25) is 25.2 Å². The van der Waals surface area contributed by atoms with Crippen LogP contribution in [0.1, 0.15) is 6.42 Å². The maximum absolute atomic E-state index is 11.0. The Balaban J connectivity index is 2.76. The number of cyclic esters (lactones) is 2. The maximum Gasteiger partial charge on any atom is 0.314 e. The van der Waals surface area contributed by atoms with Gasteiger partial charge in [0.25, 0.3) is 0 Å². The van der Waals surface area contributed by atoms with Gasteiger partial charge in [0, 0.05) is 0 Å². The predicted molar refractivity (Wildman–Crippen MR) is 42.8 cm³/mol. The van der Waals surface area contributed by atoms with Gasteiger partial charge in [0.15, 0.2) is 0 Å². The molecule has 62 valence electrons. The van der Waals surface area contributed by atoms with Crippen molar-refractivity contribution in [3.63, 3.8) is 0 Å². The van der Waals surface area contributed by atoms with Crippen molar-refractivity contribution in [2.24, 2.45) is 0 Å². The van der Waals surface area contributed by atoms with Crippen molar-refractivity contribution in [2.45, 2.75) is 31.6 Å². The number of hydrogen-bond acceptors (Lipinski definition) is 3. The van der Waals surface area contributed by atoms with Gasteiger partial charge in [-0.1, -0.05) is 19.6 Å². The minimum Gasteiger partial charge on any atom is -0.393 e. The molecule has 1 unspecified atom stereocenters. The first kappa shape index (κ1) is 8.45. The molecule has 0 aromatic heterocycles. The summed E-state index contributed by atoms with van der Waals surface area (Å²) < 4.78 is 4.46. The second-order valence-corrected chi connectivity index (χ2v) is 9.34. The summed E-state index contributed by atoms with van der Waals surface area (Å²) in [4.78, 5) is 21.7. The molecule has 1 atom stereocenters. The molecule has 0 radical (unpaired) electrons. The van der Waals surface area contributed by atoms with E-state index in [2.05, 4.69) is 24.4 Å². The molecule has 1 aliphatic heterocycles. The molecule has 0 bridgehead atoms. The van der Waals surface area contributed by atoms with Gasteiger partial charge in [-0.2, -0.15) is 0 Å². The van der Waals surface area contributed by atoms with E-state index in [1.165, 1.54) is 0 Å². The number of carbonyl (C=O) groups excluding carboxylic acids is 2. The van der Waals surface area contributed by atoms with Gasteiger partial charge in [-0.3, -0.25) is 9.59 Å². The van der Waals surface area contributed by atoms with Crippen LogP contribution in [0.15, 0.2) is 0 Å². The zero-order valence-corrected chi connectivity index (χ0v) is 8.01. The average Bonchev–Trinajstić information content (AvgIpc) is 2.08. The number of rotatable bonds is 1. The first-order valence-corrected chi connectivity index (χ1v) is 7.23. The smallest absolute Gasteiger partial charge is 0.314 e. The van der Waals surface area contributed by atoms with Gasteiger partial charge < -0.3 is 4.74 Å². The third-order valence-electron chi connectivity index (χ3n) is 1.92. The Morgan fingerprint density at radius 2 is 1.91 bits per heavy atom. The van der Waals surface area contributed by atoms with Crippen LogP contribution in [0.3, 0.4) is 0 Å². The zero-order chi connectivity index (χ0) is 8.65. The Kier molecular flexibility index (Phi) is 1.88. The van der Waals surface area contributed by atoms with E-state index in [4.69, 9.17) is 0 Å². The fraction of sp³-hybridized carbons (Fsp3) is 0.714. The normalized spacial score (nSPS) is 25.5. The highest BCUT2D eigenvalue weighted by Crippen LogP contribution is 2.31. The molecule has 1 aliphatic rings. The SMILES string of the molecule is C[Si](C)(C)C1CC(=O)OC1=O. The van der Waals surface area contributed by atoms with E-state index < -0.39 is 8.07 Å². The zero-order valence-electron chi connectivity index (χ0n) is 7.01. The van der Waals surface area contributed by atoms with Crippen molar-refractivity contribution in [2.75, 3.05) is 0 Å². The topological polar surface area (TPSA) is 43.4 Å². The monoisotopic (exact) mass is 172 g/mol. The third kappa shape index (κ3) is 1.68. The fourth-order valence-electron chi connectivity index (χ4n) is 1.13. The van der Waals surface area contributed by atoms with Gasteiger partial charge in [-0.05, 0) is 0 Å². The maximum atomic E-state index is 11.0. The number of carbonyl (C=O) groups is 2. The Morgan fingerprint density at radius 3 is 2.09 bits per heavy atom. The van der Waals surface area contributed by atoms with Crippen LogP contribution < -0.4 is 0 Å². The minimum absolute atomic E-state index is 0.116. The Labute approximate surface area is 66.7 Å². The molecule has 0 aromatic carbocycles. The molecule has 0 saturated carbocycles. The highest BCUT2D eigenvalue weighted by atomic mass is 28.3. The standard InChI is InChI=1S/C7H12O3Si/c1-11(2,3)5-4-6(8)10-7(5)9/h5H,4H2,1-3H3. The Bertz CT molecular complexity index is 204. The van der Waals surface area contributed by atoms with Crippen LogP contribution in [-0.2, 0) is 14.3 Å². The lowest BCUT2D eigenvalue weighted by atomic mass is 10.3. The first-order valence-electron chi connectivity index (χ1n) is 3.66. The van der Waals surface area contributed by atoms with E-state index in [-0.39, 0.29) is 17.5 Å². The summed E-state index contributed by atoms with van der Waals surface area (Å²) in [7, 11) is -1.52. The lowest BCUT2D eigenvalue weighted by Crippen LogP contribution is -2.30. The molecule has 0 N–H and O–H groups in total. The molecule has 1 heterocycles. The van der Waals surface area contributed by atoms with Crippen LogP contribution in [0.4, 0.5) is 0 Å². The van der Waals surface area contributed by atoms with Gasteiger partial charge >= 0.3 is 11.9 Å². The van der Waals surface area contributed by atoms with Crippen LogP contribution in [0.5, 0.6) is 0 Å². The van der Waals surface area contributed by atoms with Crippen LogP contribution in [0.25, 0.3) is 0 Å². The largest absolute Gasteiger partial charge is 0.393 e. The number of hydrogen-bond donors (Lipinski definition) is 0. The summed E-state index contributed by atoms with van der Waals surface area (Å²) in [5.74, 6) is -0.670. The summed E-state index contributed by atoms with van der Waals surface area (Å²) in [6, 6.07) is 0. The lowest BCUT2D eigenvalue weighted by molar-refractivity contribution is -0.151. The molecule has 0 aromatic rings. The van der Waals surface area contributed by atoms with E-state index in [1.54, 1.807) is 0 Å². The highest BCUT2D eigenvalue weighted by Gasteiger charge is 2.42. The Hall–Kier alpha value is -0.643. The third-order valence-corrected chi connectivity index (χ3v) is 4.45. The van der Waals surface area contributed by atoms with Gasteiger partial charge in [0.2, 0.25) is 0 Å². The van der Waals surface area contributed by atoms with Crippen molar-refractivity contribution in [3.8, 4) is 0 Å². The summed E-state index contributed by atoms with van der Waals surface area (Å²) in [5.41, 5.74) is -0.116. The lowest BCUT2D eigenvalue weighted by Gasteiger charge is -2.19. The van der Waals surface area contributed by atoms with Gasteiger partial charge in [0.1, 0.15) is 0 Å². The quantitative estimate of drug-likeness (QED) is 0.339. The van der Waals surface area contributed by atoms with Crippen molar-refractivity contribution in [3.05, 3.63) is 0 Å². The Morgan fingerprint density at radius 1 is 1.36 bits per heavy atom. The minimum atomic E-state index is -1.52. The molecular weight excluding hydrogens is 160 g/mol. The van der Waals surface area contributed by atoms with E-state index >= 15 is 0 Å².